The lowest BCUT2D eigenvalue weighted by Gasteiger charge is -1.72. The standard InChI is InChI=1S/C3H3BrN/c1-3(4)2-5/h1H3/q-1. The van der Waals surface area contributed by atoms with Crippen molar-refractivity contribution in [2.24, 2.45) is 0 Å². The van der Waals surface area contributed by atoms with E-state index >= 15 is 0 Å². The van der Waals surface area contributed by atoms with Gasteiger partial charge in [0.2, 0.25) is 0 Å². The van der Waals surface area contributed by atoms with Crippen LogP contribution in [0.25, 0.3) is 5.41 Å². The fourth-order valence-electron chi connectivity index (χ4n) is 0. The smallest absolute Gasteiger partial charge is 0.0103 e. The van der Waals surface area contributed by atoms with Crippen molar-refractivity contribution < 1.29 is 0 Å². The summed E-state index contributed by atoms with van der Waals surface area (Å²) in [5.41, 5.74) is 0. The van der Waals surface area contributed by atoms with Gasteiger partial charge in [0.1, 0.15) is 0 Å². The molecule has 0 saturated heterocycles. The largest absolute Gasteiger partial charge is 0.763 e. The van der Waals surface area contributed by atoms with Crippen LogP contribution in [0.3, 0.4) is 0 Å². The molecule has 0 saturated carbocycles. The minimum absolute atomic E-state index is 0.623. The van der Waals surface area contributed by atoms with Gasteiger partial charge in [-0.15, -0.1) is 0 Å². The summed E-state index contributed by atoms with van der Waals surface area (Å²) >= 11 is 2.93. The van der Waals surface area contributed by atoms with Gasteiger partial charge in [0.15, 0.2) is 0 Å². The second-order valence-electron chi connectivity index (χ2n) is 0.645. The van der Waals surface area contributed by atoms with Crippen LogP contribution in [-0.4, -0.2) is 5.87 Å². The Kier molecular flexibility index (Phi) is 2.15. The van der Waals surface area contributed by atoms with Crippen LogP contribution >= 0.6 is 15.9 Å². The average molecular weight is 133 g/mol. The van der Waals surface area contributed by atoms with Crippen molar-refractivity contribution in [2.45, 2.75) is 6.92 Å². The summed E-state index contributed by atoms with van der Waals surface area (Å²) in [4.78, 5) is 0. The normalized spacial score (nSPS) is 6.00. The number of halogens is 1. The lowest BCUT2D eigenvalue weighted by Crippen LogP contribution is -1.46. The zero-order valence-electron chi connectivity index (χ0n) is 2.83. The van der Waals surface area contributed by atoms with Crippen molar-refractivity contribution in [1.29, 1.82) is 0 Å². The predicted molar refractivity (Wildman–Crippen MR) is 26.5 cm³/mol. The number of hydrogen-bond acceptors (Lipinski definition) is 0. The first kappa shape index (κ1) is 4.93. The SMILES string of the molecule is CC(Br)=C=[N-]. The molecule has 0 aliphatic heterocycles. The van der Waals surface area contributed by atoms with Crippen LogP contribution in [-0.2, 0) is 0 Å². The highest BCUT2D eigenvalue weighted by atomic mass is 79.9. The molecule has 0 rings (SSSR count). The van der Waals surface area contributed by atoms with Gasteiger partial charge >= 0.3 is 0 Å². The fourth-order valence-corrected chi connectivity index (χ4v) is 0. The Labute approximate surface area is 39.3 Å². The van der Waals surface area contributed by atoms with Crippen LogP contribution in [0.2, 0.25) is 0 Å². The Balaban J connectivity index is 3.60. The molecule has 0 atom stereocenters. The van der Waals surface area contributed by atoms with E-state index in [0.717, 1.165) is 0 Å². The van der Waals surface area contributed by atoms with E-state index < -0.39 is 0 Å². The van der Waals surface area contributed by atoms with Crippen molar-refractivity contribution in [1.82, 2.24) is 0 Å². The van der Waals surface area contributed by atoms with Crippen LogP contribution in [0, 0.1) is 0 Å². The molecule has 0 fully saturated rings. The van der Waals surface area contributed by atoms with Gasteiger partial charge in [0.05, 0.1) is 0 Å². The zero-order valence-corrected chi connectivity index (χ0v) is 4.41. The lowest BCUT2D eigenvalue weighted by atomic mass is 10.8. The second kappa shape index (κ2) is 2.18. The Morgan fingerprint density at radius 2 is 2.20 bits per heavy atom. The van der Waals surface area contributed by atoms with E-state index in [1.165, 1.54) is 0 Å². The zero-order chi connectivity index (χ0) is 4.28. The van der Waals surface area contributed by atoms with Crippen molar-refractivity contribution in [3.63, 3.8) is 0 Å². The summed E-state index contributed by atoms with van der Waals surface area (Å²) in [5, 5.41) is 7.81. The maximum Gasteiger partial charge on any atom is 0.0103 e. The molecule has 0 amide bonds. The number of allylic oxidation sites excluding steroid dienone is 1. The minimum Gasteiger partial charge on any atom is -0.763 e. The molecule has 0 bridgehead atoms. The van der Waals surface area contributed by atoms with Crippen molar-refractivity contribution in [2.75, 3.05) is 0 Å². The first-order chi connectivity index (χ1) is 2.27. The van der Waals surface area contributed by atoms with E-state index in [1.54, 1.807) is 6.92 Å². The Morgan fingerprint density at radius 3 is 2.20 bits per heavy atom. The van der Waals surface area contributed by atoms with Crippen LogP contribution < -0.4 is 0 Å². The summed E-state index contributed by atoms with van der Waals surface area (Å²) in [7, 11) is 0. The van der Waals surface area contributed by atoms with Gasteiger partial charge in [0, 0.05) is 4.48 Å². The van der Waals surface area contributed by atoms with E-state index in [9.17, 15) is 0 Å². The molecule has 1 nitrogen and oxygen atoms in total. The molecule has 0 N–H and O–H groups in total. The van der Waals surface area contributed by atoms with Gasteiger partial charge in [-0.3, -0.25) is 5.87 Å². The third-order valence-corrected chi connectivity index (χ3v) is 0.331. The first-order valence-corrected chi connectivity index (χ1v) is 1.96. The molecule has 0 radical (unpaired) electrons. The molecule has 28 valence electrons. The van der Waals surface area contributed by atoms with Crippen molar-refractivity contribution in [3.8, 4) is 0 Å². The highest BCUT2D eigenvalue weighted by Gasteiger charge is 1.57. The maximum absolute atomic E-state index is 7.81. The topological polar surface area (TPSA) is 22.3 Å². The molecule has 2 heteroatoms. The van der Waals surface area contributed by atoms with Crippen LogP contribution in [0.5, 0.6) is 0 Å². The molecular formula is C3H3BrN-. The molecule has 0 aliphatic carbocycles. The maximum atomic E-state index is 7.81. The molecule has 0 aromatic heterocycles. The minimum atomic E-state index is 0.623. The van der Waals surface area contributed by atoms with Gasteiger partial charge in [-0.05, 0) is 22.9 Å². The summed E-state index contributed by atoms with van der Waals surface area (Å²) < 4.78 is 0.623. The van der Waals surface area contributed by atoms with E-state index in [4.69, 9.17) is 5.41 Å². The van der Waals surface area contributed by atoms with E-state index in [0.29, 0.717) is 4.48 Å². The monoisotopic (exact) mass is 132 g/mol. The summed E-state index contributed by atoms with van der Waals surface area (Å²) in [6.45, 7) is 1.69. The summed E-state index contributed by atoms with van der Waals surface area (Å²) in [5.74, 6) is 1.86. The second-order valence-corrected chi connectivity index (χ2v) is 1.83. The number of rotatable bonds is 0. The van der Waals surface area contributed by atoms with Gasteiger partial charge in [-0.2, -0.15) is 0 Å². The quantitative estimate of drug-likeness (QED) is 0.447. The average Bonchev–Trinajstić information content (AvgIpc) is 1.38. The molecule has 0 aromatic rings. The van der Waals surface area contributed by atoms with Crippen LogP contribution in [0.1, 0.15) is 6.92 Å². The third kappa shape index (κ3) is 3.93. The summed E-state index contributed by atoms with van der Waals surface area (Å²) in [6.07, 6.45) is 0. The van der Waals surface area contributed by atoms with Gasteiger partial charge < -0.3 is 5.41 Å². The van der Waals surface area contributed by atoms with Crippen molar-refractivity contribution >= 4 is 21.8 Å². The predicted octanol–water partition coefficient (Wildman–Crippen LogP) is 1.52. The first-order valence-electron chi connectivity index (χ1n) is 1.16. The van der Waals surface area contributed by atoms with Gasteiger partial charge in [0.25, 0.3) is 0 Å². The lowest BCUT2D eigenvalue weighted by molar-refractivity contribution is 1.79. The molecule has 0 unspecified atom stereocenters. The van der Waals surface area contributed by atoms with Crippen LogP contribution in [0.4, 0.5) is 0 Å². The van der Waals surface area contributed by atoms with Gasteiger partial charge in [-0.25, -0.2) is 0 Å². The Morgan fingerprint density at radius 1 is 2.00 bits per heavy atom. The Bertz CT molecular complexity index is 67.0. The number of hydrogen-bond donors (Lipinski definition) is 0. The highest BCUT2D eigenvalue weighted by molar-refractivity contribution is 9.11. The fraction of sp³-hybridized carbons (Fsp3) is 0.333. The highest BCUT2D eigenvalue weighted by Crippen LogP contribution is 1.92. The van der Waals surface area contributed by atoms with E-state index in [-0.39, 0.29) is 0 Å². The van der Waals surface area contributed by atoms with E-state index in [2.05, 4.69) is 15.9 Å². The molecule has 0 aliphatic rings. The molecule has 0 spiro atoms. The molecule has 0 aromatic carbocycles. The van der Waals surface area contributed by atoms with Crippen molar-refractivity contribution in [3.05, 3.63) is 9.89 Å². The third-order valence-electron chi connectivity index (χ3n) is 0.154. The summed E-state index contributed by atoms with van der Waals surface area (Å²) in [6, 6.07) is 0. The molecule has 0 heterocycles. The van der Waals surface area contributed by atoms with E-state index in [1.807, 2.05) is 5.87 Å². The Hall–Kier alpha value is -0.0700. The molecule has 5 heavy (non-hydrogen) atoms. The number of nitrogens with zero attached hydrogens (tertiary/aromatic N) is 1. The van der Waals surface area contributed by atoms with Gasteiger partial charge in [-0.1, -0.05) is 0 Å². The van der Waals surface area contributed by atoms with Crippen LogP contribution in [0.15, 0.2) is 4.48 Å². The molecular weight excluding hydrogens is 130 g/mol.